The Morgan fingerprint density at radius 2 is 1.96 bits per heavy atom. The second kappa shape index (κ2) is 7.79. The molecule has 0 unspecified atom stereocenters. The summed E-state index contributed by atoms with van der Waals surface area (Å²) in [4.78, 5) is 29.9. The van der Waals surface area contributed by atoms with Crippen LogP contribution >= 0.6 is 0 Å². The molecular weight excluding hydrogens is 318 g/mol. The van der Waals surface area contributed by atoms with Gasteiger partial charge in [-0.1, -0.05) is 12.1 Å². The van der Waals surface area contributed by atoms with Gasteiger partial charge in [0.15, 0.2) is 0 Å². The second-order valence-electron chi connectivity index (χ2n) is 6.12. The summed E-state index contributed by atoms with van der Waals surface area (Å²) in [6, 6.07) is 10.8. The van der Waals surface area contributed by atoms with Gasteiger partial charge in [-0.15, -0.1) is 0 Å². The Morgan fingerprint density at radius 1 is 1.16 bits per heavy atom. The number of pyridine rings is 1. The van der Waals surface area contributed by atoms with Crippen LogP contribution in [-0.2, 0) is 11.2 Å². The van der Waals surface area contributed by atoms with Crippen molar-refractivity contribution in [3.63, 3.8) is 0 Å². The number of carbonyl (C=O) groups is 2. The van der Waals surface area contributed by atoms with Gasteiger partial charge in [0, 0.05) is 31.4 Å². The lowest BCUT2D eigenvalue weighted by molar-refractivity contribution is -0.136. The minimum Gasteiger partial charge on any atom is -0.481 e. The number of anilines is 2. The normalized spacial score (nSPS) is 13.7. The lowest BCUT2D eigenvalue weighted by Gasteiger charge is -2.19. The monoisotopic (exact) mass is 339 g/mol. The van der Waals surface area contributed by atoms with E-state index in [4.69, 9.17) is 5.11 Å². The quantitative estimate of drug-likeness (QED) is 0.845. The number of carbonyl (C=O) groups excluding carboxylic acids is 1. The molecule has 3 rings (SSSR count). The highest BCUT2D eigenvalue weighted by atomic mass is 16.4. The molecule has 0 aliphatic carbocycles. The second-order valence-corrected chi connectivity index (χ2v) is 6.12. The lowest BCUT2D eigenvalue weighted by atomic mass is 10.1. The average molecular weight is 339 g/mol. The number of nitrogens with one attached hydrogen (secondary N) is 1. The number of carboxylic acid groups (broad SMARTS) is 1. The van der Waals surface area contributed by atoms with Crippen LogP contribution in [0.2, 0.25) is 0 Å². The minimum absolute atomic E-state index is 0.0686. The van der Waals surface area contributed by atoms with Gasteiger partial charge in [0.05, 0.1) is 5.56 Å². The zero-order valence-corrected chi connectivity index (χ0v) is 13.9. The number of nitrogens with zero attached hydrogens (tertiary/aromatic N) is 2. The summed E-state index contributed by atoms with van der Waals surface area (Å²) in [5.41, 5.74) is 2.09. The van der Waals surface area contributed by atoms with E-state index in [2.05, 4.69) is 15.2 Å². The molecule has 6 nitrogen and oxygen atoms in total. The number of amides is 1. The Kier molecular flexibility index (Phi) is 5.28. The number of hydrogen-bond acceptors (Lipinski definition) is 4. The van der Waals surface area contributed by atoms with Crippen LogP contribution in [0.4, 0.5) is 11.5 Å². The van der Waals surface area contributed by atoms with Crippen molar-refractivity contribution in [2.45, 2.75) is 25.7 Å². The van der Waals surface area contributed by atoms with E-state index in [9.17, 15) is 9.59 Å². The van der Waals surface area contributed by atoms with Crippen molar-refractivity contribution in [3.05, 3.63) is 53.7 Å². The van der Waals surface area contributed by atoms with Gasteiger partial charge in [-0.3, -0.25) is 9.59 Å². The molecule has 1 saturated heterocycles. The standard InChI is InChI=1S/C19H21N3O3/c23-17(24)9-8-14-5-3-6-15(13-14)21-19(25)16-7-4-10-20-18(16)22-11-1-2-12-22/h3-7,10,13H,1-2,8-9,11-12H2,(H,21,25)(H,23,24). The van der Waals surface area contributed by atoms with Gasteiger partial charge in [-0.25, -0.2) is 4.98 Å². The number of carboxylic acids is 1. The van der Waals surface area contributed by atoms with Gasteiger partial charge in [-0.05, 0) is 49.1 Å². The maximum atomic E-state index is 12.7. The third-order valence-corrected chi connectivity index (χ3v) is 4.25. The molecule has 1 aliphatic heterocycles. The van der Waals surface area contributed by atoms with Crippen LogP contribution in [0.5, 0.6) is 0 Å². The van der Waals surface area contributed by atoms with E-state index in [1.54, 1.807) is 24.4 Å². The van der Waals surface area contributed by atoms with Gasteiger partial charge in [0.1, 0.15) is 5.82 Å². The Balaban J connectivity index is 1.74. The maximum absolute atomic E-state index is 12.7. The predicted octanol–water partition coefficient (Wildman–Crippen LogP) is 2.95. The SMILES string of the molecule is O=C(O)CCc1cccc(NC(=O)c2cccnc2N2CCCC2)c1. The smallest absolute Gasteiger partial charge is 0.303 e. The third-order valence-electron chi connectivity index (χ3n) is 4.25. The number of rotatable bonds is 6. The Hall–Kier alpha value is -2.89. The van der Waals surface area contributed by atoms with E-state index in [-0.39, 0.29) is 12.3 Å². The highest BCUT2D eigenvalue weighted by molar-refractivity contribution is 6.07. The molecule has 0 radical (unpaired) electrons. The molecule has 2 aromatic rings. The zero-order chi connectivity index (χ0) is 17.6. The van der Waals surface area contributed by atoms with Crippen LogP contribution < -0.4 is 10.2 Å². The average Bonchev–Trinajstić information content (AvgIpc) is 3.15. The lowest BCUT2D eigenvalue weighted by Crippen LogP contribution is -2.24. The number of hydrogen-bond donors (Lipinski definition) is 2. The first-order valence-corrected chi connectivity index (χ1v) is 8.45. The number of aliphatic carboxylic acids is 1. The van der Waals surface area contributed by atoms with Gasteiger partial charge in [-0.2, -0.15) is 0 Å². The Morgan fingerprint density at radius 3 is 2.72 bits per heavy atom. The molecule has 1 aliphatic rings. The van der Waals surface area contributed by atoms with E-state index >= 15 is 0 Å². The maximum Gasteiger partial charge on any atom is 0.303 e. The van der Waals surface area contributed by atoms with Crippen molar-refractivity contribution in [1.82, 2.24) is 4.98 Å². The number of benzene rings is 1. The van der Waals surface area contributed by atoms with E-state index in [0.29, 0.717) is 17.7 Å². The van der Waals surface area contributed by atoms with Crippen molar-refractivity contribution >= 4 is 23.4 Å². The third kappa shape index (κ3) is 4.35. The van der Waals surface area contributed by atoms with E-state index in [0.717, 1.165) is 37.3 Å². The van der Waals surface area contributed by atoms with Gasteiger partial charge in [0.25, 0.3) is 5.91 Å². The summed E-state index contributed by atoms with van der Waals surface area (Å²) in [7, 11) is 0. The molecule has 0 atom stereocenters. The molecule has 6 heteroatoms. The number of aromatic nitrogens is 1. The molecule has 1 fully saturated rings. The predicted molar refractivity (Wildman–Crippen MR) is 96.0 cm³/mol. The number of aryl methyl sites for hydroxylation is 1. The van der Waals surface area contributed by atoms with Crippen molar-refractivity contribution < 1.29 is 14.7 Å². The van der Waals surface area contributed by atoms with Crippen molar-refractivity contribution in [3.8, 4) is 0 Å². The molecule has 0 saturated carbocycles. The highest BCUT2D eigenvalue weighted by Crippen LogP contribution is 2.23. The first kappa shape index (κ1) is 17.0. The van der Waals surface area contributed by atoms with Crippen LogP contribution in [0.15, 0.2) is 42.6 Å². The van der Waals surface area contributed by atoms with Gasteiger partial charge >= 0.3 is 5.97 Å². The molecule has 2 N–H and O–H groups in total. The van der Waals surface area contributed by atoms with E-state index in [1.165, 1.54) is 0 Å². The van der Waals surface area contributed by atoms with E-state index in [1.807, 2.05) is 18.2 Å². The van der Waals surface area contributed by atoms with Crippen LogP contribution in [0.3, 0.4) is 0 Å². The molecule has 0 bridgehead atoms. The fraction of sp³-hybridized carbons (Fsp3) is 0.316. The molecule has 25 heavy (non-hydrogen) atoms. The Bertz CT molecular complexity index is 770. The first-order chi connectivity index (χ1) is 12.1. The summed E-state index contributed by atoms with van der Waals surface area (Å²) >= 11 is 0. The Labute approximate surface area is 146 Å². The van der Waals surface area contributed by atoms with Crippen LogP contribution in [-0.4, -0.2) is 35.1 Å². The molecule has 1 aromatic carbocycles. The summed E-state index contributed by atoms with van der Waals surface area (Å²) in [6.07, 6.45) is 4.44. The fourth-order valence-electron chi connectivity index (χ4n) is 3.01. The van der Waals surface area contributed by atoms with Crippen LogP contribution in [0, 0.1) is 0 Å². The first-order valence-electron chi connectivity index (χ1n) is 8.45. The summed E-state index contributed by atoms with van der Waals surface area (Å²) in [6.45, 7) is 1.84. The molecule has 130 valence electrons. The molecule has 1 aromatic heterocycles. The van der Waals surface area contributed by atoms with Crippen LogP contribution in [0.1, 0.15) is 35.2 Å². The van der Waals surface area contributed by atoms with Crippen molar-refractivity contribution in [2.75, 3.05) is 23.3 Å². The minimum atomic E-state index is -0.833. The molecule has 0 spiro atoms. The highest BCUT2D eigenvalue weighted by Gasteiger charge is 2.20. The summed E-state index contributed by atoms with van der Waals surface area (Å²) in [5, 5.41) is 11.7. The largest absolute Gasteiger partial charge is 0.481 e. The van der Waals surface area contributed by atoms with Gasteiger partial charge in [0.2, 0.25) is 0 Å². The summed E-state index contributed by atoms with van der Waals surface area (Å²) < 4.78 is 0. The van der Waals surface area contributed by atoms with E-state index < -0.39 is 5.97 Å². The summed E-state index contributed by atoms with van der Waals surface area (Å²) in [5.74, 6) is -0.315. The van der Waals surface area contributed by atoms with Crippen LogP contribution in [0.25, 0.3) is 0 Å². The van der Waals surface area contributed by atoms with Gasteiger partial charge < -0.3 is 15.3 Å². The molecule has 2 heterocycles. The zero-order valence-electron chi connectivity index (χ0n) is 13.9. The van der Waals surface area contributed by atoms with Crippen molar-refractivity contribution in [2.24, 2.45) is 0 Å². The molecular formula is C19H21N3O3. The topological polar surface area (TPSA) is 82.5 Å². The fourth-order valence-corrected chi connectivity index (χ4v) is 3.01. The molecule has 1 amide bonds. The van der Waals surface area contributed by atoms with Crippen molar-refractivity contribution in [1.29, 1.82) is 0 Å².